The average Bonchev–Trinajstić information content (AvgIpc) is 2.37. The van der Waals surface area contributed by atoms with Crippen molar-refractivity contribution in [3.05, 3.63) is 0 Å². The molecule has 0 bridgehead atoms. The fourth-order valence-electron chi connectivity index (χ4n) is 2.27. The fraction of sp³-hybridized carbons (Fsp3) is 0.923. The zero-order valence-corrected chi connectivity index (χ0v) is 13.5. The standard InChI is InChI=1S/C13H26N2O4S/c1-12-4-7-14(8-5-12)13(16)6-9-15(10-11-19-2)20(3,17)18/h12H,4-11H2,1-3H3. The molecule has 0 radical (unpaired) electrons. The van der Waals surface area contributed by atoms with Crippen molar-refractivity contribution in [1.29, 1.82) is 0 Å². The highest BCUT2D eigenvalue weighted by Crippen LogP contribution is 2.16. The van der Waals surface area contributed by atoms with E-state index in [9.17, 15) is 13.2 Å². The van der Waals surface area contributed by atoms with Crippen LogP contribution in [0.4, 0.5) is 0 Å². The Hall–Kier alpha value is -0.660. The maximum Gasteiger partial charge on any atom is 0.223 e. The average molecular weight is 306 g/mol. The lowest BCUT2D eigenvalue weighted by Crippen LogP contribution is -2.41. The van der Waals surface area contributed by atoms with Crippen molar-refractivity contribution in [3.63, 3.8) is 0 Å². The first kappa shape index (κ1) is 17.4. The summed E-state index contributed by atoms with van der Waals surface area (Å²) in [6.45, 7) is 4.63. The molecule has 0 spiro atoms. The van der Waals surface area contributed by atoms with Crippen LogP contribution in [0.3, 0.4) is 0 Å². The van der Waals surface area contributed by atoms with Crippen LogP contribution >= 0.6 is 0 Å². The highest BCUT2D eigenvalue weighted by atomic mass is 32.2. The molecule has 118 valence electrons. The second-order valence-corrected chi connectivity index (χ2v) is 7.45. The molecule has 0 N–H and O–H groups in total. The third-order valence-corrected chi connectivity index (χ3v) is 5.03. The summed E-state index contributed by atoms with van der Waals surface area (Å²) < 4.78 is 29.4. The Morgan fingerprint density at radius 2 is 1.90 bits per heavy atom. The molecular weight excluding hydrogens is 280 g/mol. The molecule has 0 atom stereocenters. The lowest BCUT2D eigenvalue weighted by atomic mass is 9.99. The smallest absolute Gasteiger partial charge is 0.223 e. The molecular formula is C13H26N2O4S. The van der Waals surface area contributed by atoms with Gasteiger partial charge < -0.3 is 9.64 Å². The highest BCUT2D eigenvalue weighted by molar-refractivity contribution is 7.88. The number of amides is 1. The van der Waals surface area contributed by atoms with E-state index in [1.165, 1.54) is 11.4 Å². The van der Waals surface area contributed by atoms with Crippen LogP contribution in [0.1, 0.15) is 26.2 Å². The van der Waals surface area contributed by atoms with Gasteiger partial charge in [0.05, 0.1) is 12.9 Å². The maximum atomic E-state index is 12.1. The molecule has 1 amide bonds. The van der Waals surface area contributed by atoms with Crippen LogP contribution in [-0.4, -0.2) is 69.7 Å². The summed E-state index contributed by atoms with van der Waals surface area (Å²) >= 11 is 0. The molecule has 0 aromatic rings. The van der Waals surface area contributed by atoms with E-state index in [2.05, 4.69) is 6.92 Å². The summed E-state index contributed by atoms with van der Waals surface area (Å²) in [4.78, 5) is 13.9. The number of rotatable bonds is 7. The Morgan fingerprint density at radius 1 is 1.30 bits per heavy atom. The van der Waals surface area contributed by atoms with Crippen LogP contribution in [0.15, 0.2) is 0 Å². The molecule has 1 saturated heterocycles. The topological polar surface area (TPSA) is 66.9 Å². The molecule has 6 nitrogen and oxygen atoms in total. The number of carbonyl (C=O) groups is 1. The zero-order valence-electron chi connectivity index (χ0n) is 12.7. The van der Waals surface area contributed by atoms with Gasteiger partial charge in [0.25, 0.3) is 0 Å². The van der Waals surface area contributed by atoms with Gasteiger partial charge in [0.15, 0.2) is 0 Å². The van der Waals surface area contributed by atoms with E-state index in [4.69, 9.17) is 4.74 Å². The minimum atomic E-state index is -3.29. The van der Waals surface area contributed by atoms with E-state index in [1.807, 2.05) is 4.90 Å². The number of likely N-dealkylation sites (tertiary alicyclic amines) is 1. The normalized spacial score (nSPS) is 17.7. The molecule has 0 aliphatic carbocycles. The number of ether oxygens (including phenoxy) is 1. The van der Waals surface area contributed by atoms with Gasteiger partial charge in [-0.15, -0.1) is 0 Å². The lowest BCUT2D eigenvalue weighted by molar-refractivity contribution is -0.132. The summed E-state index contributed by atoms with van der Waals surface area (Å²) in [6, 6.07) is 0. The molecule has 7 heteroatoms. The number of nitrogens with zero attached hydrogens (tertiary/aromatic N) is 2. The summed E-state index contributed by atoms with van der Waals surface area (Å²) in [5, 5.41) is 0. The van der Waals surface area contributed by atoms with Crippen LogP contribution in [0.25, 0.3) is 0 Å². The predicted octanol–water partition coefficient (Wildman–Crippen LogP) is 0.543. The predicted molar refractivity (Wildman–Crippen MR) is 77.9 cm³/mol. The first-order chi connectivity index (χ1) is 9.34. The van der Waals surface area contributed by atoms with Crippen LogP contribution in [0, 0.1) is 5.92 Å². The minimum Gasteiger partial charge on any atom is -0.383 e. The van der Waals surface area contributed by atoms with E-state index < -0.39 is 10.0 Å². The molecule has 0 unspecified atom stereocenters. The van der Waals surface area contributed by atoms with Crippen LogP contribution in [0.5, 0.6) is 0 Å². The van der Waals surface area contributed by atoms with E-state index in [-0.39, 0.29) is 18.9 Å². The number of hydrogen-bond donors (Lipinski definition) is 0. The molecule has 0 aromatic carbocycles. The number of methoxy groups -OCH3 is 1. The van der Waals surface area contributed by atoms with Gasteiger partial charge in [0.1, 0.15) is 0 Å². The van der Waals surface area contributed by atoms with Crippen molar-refractivity contribution in [2.45, 2.75) is 26.2 Å². The SMILES string of the molecule is COCCN(CCC(=O)N1CCC(C)CC1)S(C)(=O)=O. The van der Waals surface area contributed by atoms with Crippen LogP contribution in [0.2, 0.25) is 0 Å². The van der Waals surface area contributed by atoms with Gasteiger partial charge in [-0.1, -0.05) is 6.92 Å². The van der Waals surface area contributed by atoms with Crippen molar-refractivity contribution in [2.75, 3.05) is 46.2 Å². The van der Waals surface area contributed by atoms with Gasteiger partial charge in [-0.3, -0.25) is 4.79 Å². The maximum absolute atomic E-state index is 12.1. The third kappa shape index (κ3) is 5.76. The zero-order chi connectivity index (χ0) is 15.2. The molecule has 1 aliphatic heterocycles. The van der Waals surface area contributed by atoms with E-state index in [0.717, 1.165) is 32.2 Å². The Labute approximate surface area is 122 Å². The lowest BCUT2D eigenvalue weighted by Gasteiger charge is -2.31. The second-order valence-electron chi connectivity index (χ2n) is 5.47. The van der Waals surface area contributed by atoms with E-state index >= 15 is 0 Å². The van der Waals surface area contributed by atoms with Gasteiger partial charge in [-0.05, 0) is 18.8 Å². The number of sulfonamides is 1. The molecule has 1 aliphatic rings. The number of carbonyl (C=O) groups excluding carboxylic acids is 1. The summed E-state index contributed by atoms with van der Waals surface area (Å²) in [7, 11) is -1.76. The van der Waals surface area contributed by atoms with Crippen molar-refractivity contribution < 1.29 is 17.9 Å². The molecule has 1 fully saturated rings. The monoisotopic (exact) mass is 306 g/mol. The molecule has 1 rings (SSSR count). The number of piperidine rings is 1. The quantitative estimate of drug-likeness (QED) is 0.688. The van der Waals surface area contributed by atoms with Gasteiger partial charge in [0, 0.05) is 39.7 Å². The highest BCUT2D eigenvalue weighted by Gasteiger charge is 2.22. The molecule has 20 heavy (non-hydrogen) atoms. The van der Waals surface area contributed by atoms with Crippen molar-refractivity contribution in [3.8, 4) is 0 Å². The van der Waals surface area contributed by atoms with Crippen LogP contribution < -0.4 is 0 Å². The van der Waals surface area contributed by atoms with Gasteiger partial charge >= 0.3 is 0 Å². The van der Waals surface area contributed by atoms with Crippen molar-refractivity contribution >= 4 is 15.9 Å². The Morgan fingerprint density at radius 3 is 2.40 bits per heavy atom. The Bertz CT molecular complexity index is 403. The minimum absolute atomic E-state index is 0.0444. The van der Waals surface area contributed by atoms with Gasteiger partial charge in [-0.25, -0.2) is 8.42 Å². The second kappa shape index (κ2) is 7.95. The first-order valence-electron chi connectivity index (χ1n) is 7.06. The molecule has 1 heterocycles. The summed E-state index contributed by atoms with van der Waals surface area (Å²) in [5.74, 6) is 0.719. The Balaban J connectivity index is 2.44. The summed E-state index contributed by atoms with van der Waals surface area (Å²) in [5.41, 5.74) is 0. The fourth-order valence-corrected chi connectivity index (χ4v) is 3.10. The first-order valence-corrected chi connectivity index (χ1v) is 8.91. The summed E-state index contributed by atoms with van der Waals surface area (Å²) in [6.07, 6.45) is 3.47. The molecule has 0 saturated carbocycles. The van der Waals surface area contributed by atoms with Crippen molar-refractivity contribution in [1.82, 2.24) is 9.21 Å². The molecule has 0 aromatic heterocycles. The van der Waals surface area contributed by atoms with E-state index in [1.54, 1.807) is 0 Å². The third-order valence-electron chi connectivity index (χ3n) is 3.73. The van der Waals surface area contributed by atoms with Crippen molar-refractivity contribution in [2.24, 2.45) is 5.92 Å². The van der Waals surface area contributed by atoms with Gasteiger partial charge in [-0.2, -0.15) is 4.31 Å². The number of hydrogen-bond acceptors (Lipinski definition) is 4. The van der Waals surface area contributed by atoms with Gasteiger partial charge in [0.2, 0.25) is 15.9 Å². The van der Waals surface area contributed by atoms with E-state index in [0.29, 0.717) is 19.1 Å². The Kier molecular flexibility index (Phi) is 6.91. The van der Waals surface area contributed by atoms with Crippen LogP contribution in [-0.2, 0) is 19.6 Å². The largest absolute Gasteiger partial charge is 0.383 e.